The third-order valence-electron chi connectivity index (χ3n) is 3.06. The number of aromatic nitrogens is 1. The lowest BCUT2D eigenvalue weighted by Gasteiger charge is -2.14. The second-order valence-corrected chi connectivity index (χ2v) is 5.58. The van der Waals surface area contributed by atoms with Crippen molar-refractivity contribution in [3.63, 3.8) is 0 Å². The molecule has 3 rings (SSSR count). The van der Waals surface area contributed by atoms with E-state index in [1.165, 1.54) is 0 Å². The van der Waals surface area contributed by atoms with Crippen LogP contribution in [-0.2, 0) is 0 Å². The number of aliphatic hydroxyl groups excluding tert-OH is 1. The minimum absolute atomic E-state index is 0.264. The predicted octanol–water partition coefficient (Wildman–Crippen LogP) is 3.15. The van der Waals surface area contributed by atoms with Crippen molar-refractivity contribution in [1.29, 1.82) is 0 Å². The third kappa shape index (κ3) is 3.71. The second kappa shape index (κ2) is 6.56. The number of hydrogen-bond acceptors (Lipinski definition) is 5. The Bertz CT molecular complexity index is 700. The number of thiazole rings is 1. The smallest absolute Gasteiger partial charge is 0.119 e. The highest BCUT2D eigenvalue weighted by atomic mass is 32.1. The zero-order valence-electron chi connectivity index (χ0n) is 11.4. The zero-order chi connectivity index (χ0) is 14.5. The van der Waals surface area contributed by atoms with Crippen LogP contribution in [0.25, 0.3) is 10.2 Å². The van der Waals surface area contributed by atoms with Gasteiger partial charge in [0.25, 0.3) is 0 Å². The molecule has 1 aromatic heterocycles. The fourth-order valence-corrected chi connectivity index (χ4v) is 2.69. The molecule has 0 spiro atoms. The summed E-state index contributed by atoms with van der Waals surface area (Å²) in [5.41, 5.74) is 3.81. The first-order valence-corrected chi connectivity index (χ1v) is 7.62. The van der Waals surface area contributed by atoms with E-state index in [1.807, 2.05) is 54.0 Å². The Hall–Kier alpha value is -2.11. The Kier molecular flexibility index (Phi) is 4.33. The van der Waals surface area contributed by atoms with Crippen LogP contribution in [0.3, 0.4) is 0 Å². The molecule has 108 valence electrons. The monoisotopic (exact) mass is 300 g/mol. The van der Waals surface area contributed by atoms with E-state index in [1.54, 1.807) is 11.3 Å². The Morgan fingerprint density at radius 2 is 2.05 bits per heavy atom. The summed E-state index contributed by atoms with van der Waals surface area (Å²) in [5, 5.41) is 13.2. The second-order valence-electron chi connectivity index (χ2n) is 4.69. The molecule has 4 nitrogen and oxygen atoms in total. The highest BCUT2D eigenvalue weighted by Gasteiger charge is 2.06. The first-order valence-electron chi connectivity index (χ1n) is 6.74. The Morgan fingerprint density at radius 3 is 2.90 bits per heavy atom. The summed E-state index contributed by atoms with van der Waals surface area (Å²) in [7, 11) is 0. The van der Waals surface area contributed by atoms with E-state index in [2.05, 4.69) is 10.3 Å². The van der Waals surface area contributed by atoms with Crippen molar-refractivity contribution in [2.24, 2.45) is 0 Å². The number of hydrogen-bond donors (Lipinski definition) is 2. The van der Waals surface area contributed by atoms with E-state index in [9.17, 15) is 5.11 Å². The van der Waals surface area contributed by atoms with Crippen LogP contribution >= 0.6 is 11.3 Å². The molecule has 2 N–H and O–H groups in total. The number of anilines is 1. The van der Waals surface area contributed by atoms with E-state index in [-0.39, 0.29) is 6.61 Å². The van der Waals surface area contributed by atoms with Gasteiger partial charge in [0.15, 0.2) is 0 Å². The maximum Gasteiger partial charge on any atom is 0.119 e. The number of nitrogens with one attached hydrogen (secondary N) is 1. The van der Waals surface area contributed by atoms with Crippen LogP contribution in [0, 0.1) is 0 Å². The minimum Gasteiger partial charge on any atom is -0.491 e. The number of para-hydroxylation sites is 1. The largest absolute Gasteiger partial charge is 0.491 e. The Labute approximate surface area is 127 Å². The van der Waals surface area contributed by atoms with Gasteiger partial charge in [0, 0.05) is 12.2 Å². The molecule has 1 unspecified atom stereocenters. The third-order valence-corrected chi connectivity index (χ3v) is 3.85. The fraction of sp³-hybridized carbons (Fsp3) is 0.188. The lowest BCUT2D eigenvalue weighted by atomic mass is 10.3. The molecule has 3 aromatic rings. The van der Waals surface area contributed by atoms with E-state index in [0.29, 0.717) is 6.54 Å². The molecule has 0 fully saturated rings. The molecule has 0 aliphatic rings. The van der Waals surface area contributed by atoms with Crippen LogP contribution < -0.4 is 10.1 Å². The number of fused-ring (bicyclic) bond motifs is 1. The summed E-state index contributed by atoms with van der Waals surface area (Å²) >= 11 is 1.60. The number of benzene rings is 2. The molecular formula is C16H16N2O2S. The van der Waals surface area contributed by atoms with Crippen molar-refractivity contribution in [3.8, 4) is 5.75 Å². The molecule has 0 saturated heterocycles. The summed E-state index contributed by atoms with van der Waals surface area (Å²) in [5.74, 6) is 0.766. The number of ether oxygens (including phenoxy) is 1. The summed E-state index contributed by atoms with van der Waals surface area (Å²) in [6, 6.07) is 15.5. The van der Waals surface area contributed by atoms with Crippen molar-refractivity contribution in [2.45, 2.75) is 6.10 Å². The first kappa shape index (κ1) is 13.9. The highest BCUT2D eigenvalue weighted by Crippen LogP contribution is 2.21. The van der Waals surface area contributed by atoms with Crippen molar-refractivity contribution in [2.75, 3.05) is 18.5 Å². The summed E-state index contributed by atoms with van der Waals surface area (Å²) in [6.07, 6.45) is -0.567. The summed E-state index contributed by atoms with van der Waals surface area (Å²) in [6.45, 7) is 0.705. The SMILES string of the molecule is OC(CNc1ccc2ncsc2c1)COc1ccccc1. The first-order chi connectivity index (χ1) is 10.3. The molecule has 5 heteroatoms. The van der Waals surface area contributed by atoms with Crippen molar-refractivity contribution >= 4 is 27.2 Å². The van der Waals surface area contributed by atoms with Gasteiger partial charge in [-0.15, -0.1) is 11.3 Å². The van der Waals surface area contributed by atoms with Gasteiger partial charge in [-0.3, -0.25) is 0 Å². The van der Waals surface area contributed by atoms with Crippen LogP contribution in [-0.4, -0.2) is 29.3 Å². The van der Waals surface area contributed by atoms with Gasteiger partial charge in [0.1, 0.15) is 18.5 Å². The average Bonchev–Trinajstić information content (AvgIpc) is 2.99. The van der Waals surface area contributed by atoms with Crippen LogP contribution in [0.2, 0.25) is 0 Å². The van der Waals surface area contributed by atoms with Crippen LogP contribution in [0.5, 0.6) is 5.75 Å². The molecule has 1 atom stereocenters. The fourth-order valence-electron chi connectivity index (χ4n) is 1.97. The normalized spacial score (nSPS) is 12.2. The van der Waals surface area contributed by atoms with Gasteiger partial charge in [-0.1, -0.05) is 18.2 Å². The maximum absolute atomic E-state index is 9.95. The van der Waals surface area contributed by atoms with Crippen LogP contribution in [0.15, 0.2) is 54.0 Å². The number of rotatable bonds is 6. The highest BCUT2D eigenvalue weighted by molar-refractivity contribution is 7.16. The van der Waals surface area contributed by atoms with E-state index in [0.717, 1.165) is 21.7 Å². The van der Waals surface area contributed by atoms with E-state index in [4.69, 9.17) is 4.74 Å². The molecule has 0 aliphatic heterocycles. The Balaban J connectivity index is 1.49. The lowest BCUT2D eigenvalue weighted by molar-refractivity contribution is 0.117. The van der Waals surface area contributed by atoms with Crippen LogP contribution in [0.4, 0.5) is 5.69 Å². The zero-order valence-corrected chi connectivity index (χ0v) is 12.2. The van der Waals surface area contributed by atoms with Crippen LogP contribution in [0.1, 0.15) is 0 Å². The molecule has 21 heavy (non-hydrogen) atoms. The topological polar surface area (TPSA) is 54.4 Å². The quantitative estimate of drug-likeness (QED) is 0.734. The molecule has 0 bridgehead atoms. The van der Waals surface area contributed by atoms with E-state index >= 15 is 0 Å². The van der Waals surface area contributed by atoms with Gasteiger partial charge in [-0.2, -0.15) is 0 Å². The number of nitrogens with zero attached hydrogens (tertiary/aromatic N) is 1. The number of aliphatic hydroxyl groups is 1. The van der Waals surface area contributed by atoms with Gasteiger partial charge in [0.2, 0.25) is 0 Å². The summed E-state index contributed by atoms with van der Waals surface area (Å²) in [4.78, 5) is 4.24. The van der Waals surface area contributed by atoms with Gasteiger partial charge < -0.3 is 15.2 Å². The van der Waals surface area contributed by atoms with Crippen molar-refractivity contribution in [3.05, 3.63) is 54.0 Å². The average molecular weight is 300 g/mol. The molecule has 2 aromatic carbocycles. The Morgan fingerprint density at radius 1 is 1.19 bits per heavy atom. The van der Waals surface area contributed by atoms with Gasteiger partial charge >= 0.3 is 0 Å². The summed E-state index contributed by atoms with van der Waals surface area (Å²) < 4.78 is 6.65. The molecule has 0 amide bonds. The van der Waals surface area contributed by atoms with Gasteiger partial charge in [-0.05, 0) is 30.3 Å². The molecule has 0 saturated carbocycles. The maximum atomic E-state index is 9.95. The molecule has 0 aliphatic carbocycles. The lowest BCUT2D eigenvalue weighted by Crippen LogP contribution is -2.26. The van der Waals surface area contributed by atoms with Crippen molar-refractivity contribution < 1.29 is 9.84 Å². The van der Waals surface area contributed by atoms with Crippen molar-refractivity contribution in [1.82, 2.24) is 4.98 Å². The minimum atomic E-state index is -0.567. The molecular weight excluding hydrogens is 284 g/mol. The molecule has 0 radical (unpaired) electrons. The standard InChI is InChI=1S/C16H16N2O2S/c19-13(10-20-14-4-2-1-3-5-14)9-17-12-6-7-15-16(8-12)21-11-18-15/h1-8,11,13,17,19H,9-10H2. The van der Waals surface area contributed by atoms with Gasteiger partial charge in [0.05, 0.1) is 15.7 Å². The van der Waals surface area contributed by atoms with Gasteiger partial charge in [-0.25, -0.2) is 4.98 Å². The molecule has 1 heterocycles. The predicted molar refractivity (Wildman–Crippen MR) is 86.1 cm³/mol. The van der Waals surface area contributed by atoms with E-state index < -0.39 is 6.10 Å².